The molecular formula is C29H33Cl2F2NO6. The lowest BCUT2D eigenvalue weighted by Crippen LogP contribution is -2.71. The summed E-state index contributed by atoms with van der Waals surface area (Å²) in [5, 5.41) is 20.7. The Morgan fingerprint density at radius 2 is 1.82 bits per heavy atom. The molecule has 218 valence electrons. The van der Waals surface area contributed by atoms with Gasteiger partial charge in [0.25, 0.3) is 0 Å². The number of aliphatic hydroxyl groups excluding tert-OH is 1. The fourth-order valence-corrected chi connectivity index (χ4v) is 9.57. The molecule has 0 amide bonds. The average molecular weight is 600 g/mol. The second-order valence-corrected chi connectivity index (χ2v) is 14.6. The van der Waals surface area contributed by atoms with Crippen LogP contribution in [-0.4, -0.2) is 57.3 Å². The lowest BCUT2D eigenvalue weighted by Gasteiger charge is -2.63. The third kappa shape index (κ3) is 3.33. The van der Waals surface area contributed by atoms with Gasteiger partial charge in [0, 0.05) is 28.1 Å². The summed E-state index contributed by atoms with van der Waals surface area (Å²) in [6.07, 6.45) is -0.270. The molecule has 0 saturated heterocycles. The molecule has 1 unspecified atom stereocenters. The van der Waals surface area contributed by atoms with Crippen molar-refractivity contribution < 1.29 is 37.7 Å². The number of nitriles is 1. The average Bonchev–Trinajstić information content (AvgIpc) is 3.17. The van der Waals surface area contributed by atoms with Crippen molar-refractivity contribution in [1.29, 1.82) is 5.26 Å². The molecule has 5 aliphatic rings. The first-order valence-corrected chi connectivity index (χ1v) is 14.2. The summed E-state index contributed by atoms with van der Waals surface area (Å²) >= 11 is 12.7. The Morgan fingerprint density at radius 3 is 2.40 bits per heavy atom. The Kier molecular flexibility index (Phi) is 6.44. The van der Waals surface area contributed by atoms with Gasteiger partial charge >= 0.3 is 11.9 Å². The molecule has 4 saturated carbocycles. The van der Waals surface area contributed by atoms with Crippen molar-refractivity contribution in [3.63, 3.8) is 0 Å². The van der Waals surface area contributed by atoms with Gasteiger partial charge in [0.2, 0.25) is 5.60 Å². The van der Waals surface area contributed by atoms with Crippen molar-refractivity contribution in [3.05, 3.63) is 23.8 Å². The number of halogens is 4. The largest absolute Gasteiger partial charge is 0.447 e. The number of aliphatic hydroxyl groups is 1. The summed E-state index contributed by atoms with van der Waals surface area (Å²) in [4.78, 5) is 39.5. The number of hydrogen-bond donors (Lipinski definition) is 1. The van der Waals surface area contributed by atoms with Gasteiger partial charge in [-0.3, -0.25) is 9.59 Å². The van der Waals surface area contributed by atoms with Gasteiger partial charge in [-0.2, -0.15) is 5.26 Å². The summed E-state index contributed by atoms with van der Waals surface area (Å²) in [6.45, 7) is 7.51. The predicted octanol–water partition coefficient (Wildman–Crippen LogP) is 4.73. The summed E-state index contributed by atoms with van der Waals surface area (Å²) in [5.41, 5.74) is -8.29. The van der Waals surface area contributed by atoms with Crippen LogP contribution < -0.4 is 0 Å². The molecule has 0 radical (unpaired) electrons. The molecule has 5 rings (SSSR count). The smallest absolute Gasteiger partial charge is 0.352 e. The minimum Gasteiger partial charge on any atom is -0.447 e. The van der Waals surface area contributed by atoms with Crippen LogP contribution in [0.1, 0.15) is 53.9 Å². The molecule has 0 aromatic carbocycles. The van der Waals surface area contributed by atoms with Crippen LogP contribution in [0.25, 0.3) is 0 Å². The Labute approximate surface area is 241 Å². The fraction of sp³-hybridized carbons (Fsp3) is 0.724. The zero-order valence-corrected chi connectivity index (χ0v) is 24.5. The third-order valence-corrected chi connectivity index (χ3v) is 12.5. The Bertz CT molecular complexity index is 1280. The molecule has 0 spiro atoms. The van der Waals surface area contributed by atoms with Crippen molar-refractivity contribution in [2.24, 2.45) is 39.9 Å². The highest BCUT2D eigenvalue weighted by atomic mass is 35.5. The van der Waals surface area contributed by atoms with E-state index in [2.05, 4.69) is 0 Å². The van der Waals surface area contributed by atoms with E-state index in [4.69, 9.17) is 37.9 Å². The predicted molar refractivity (Wildman–Crippen MR) is 140 cm³/mol. The van der Waals surface area contributed by atoms with E-state index in [1.165, 1.54) is 19.1 Å². The second kappa shape index (κ2) is 8.75. The molecule has 0 aromatic heterocycles. The summed E-state index contributed by atoms with van der Waals surface area (Å²) < 4.78 is 43.1. The maximum Gasteiger partial charge on any atom is 0.352 e. The molecule has 7 nitrogen and oxygen atoms in total. The maximum atomic E-state index is 17.5. The Morgan fingerprint density at radius 1 is 1.20 bits per heavy atom. The van der Waals surface area contributed by atoms with Gasteiger partial charge in [-0.05, 0) is 49.8 Å². The molecule has 4 fully saturated rings. The first-order valence-electron chi connectivity index (χ1n) is 13.5. The lowest BCUT2D eigenvalue weighted by molar-refractivity contribution is -0.239. The van der Waals surface area contributed by atoms with Gasteiger partial charge in [-0.15, -0.1) is 23.2 Å². The first kappa shape index (κ1) is 29.5. The summed E-state index contributed by atoms with van der Waals surface area (Å²) in [5.74, 6) is -5.85. The number of carbonyl (C=O) groups excluding carboxylic acids is 3. The molecule has 0 heterocycles. The highest BCUT2D eigenvalue weighted by Gasteiger charge is 2.81. The van der Waals surface area contributed by atoms with E-state index in [0.717, 1.165) is 6.08 Å². The van der Waals surface area contributed by atoms with E-state index in [1.807, 2.05) is 0 Å². The van der Waals surface area contributed by atoms with E-state index in [0.29, 0.717) is 0 Å². The third-order valence-electron chi connectivity index (χ3n) is 11.1. The van der Waals surface area contributed by atoms with E-state index < -0.39 is 92.1 Å². The topological polar surface area (TPSA) is 114 Å². The Balaban J connectivity index is 1.62. The number of fused-ring (bicyclic) bond motifs is 5. The van der Waals surface area contributed by atoms with Crippen molar-refractivity contribution in [2.75, 3.05) is 6.61 Å². The van der Waals surface area contributed by atoms with Gasteiger partial charge in [0.15, 0.2) is 18.1 Å². The van der Waals surface area contributed by atoms with Crippen LogP contribution in [-0.2, 0) is 23.9 Å². The van der Waals surface area contributed by atoms with Crippen molar-refractivity contribution in [2.45, 2.75) is 81.8 Å². The number of allylic oxidation sites excluding steroid dienone is 4. The zero-order chi connectivity index (χ0) is 29.8. The van der Waals surface area contributed by atoms with Crippen molar-refractivity contribution in [1.82, 2.24) is 0 Å². The summed E-state index contributed by atoms with van der Waals surface area (Å²) in [6, 6.07) is 1.73. The monoisotopic (exact) mass is 599 g/mol. The molecule has 5 aliphatic carbocycles. The highest BCUT2D eigenvalue weighted by Crippen LogP contribution is 2.73. The molecular weight excluding hydrogens is 567 g/mol. The number of rotatable bonds is 4. The molecule has 0 aliphatic heterocycles. The second-order valence-electron chi connectivity index (χ2n) is 13.2. The number of esters is 2. The van der Waals surface area contributed by atoms with Gasteiger partial charge in [-0.25, -0.2) is 13.6 Å². The van der Waals surface area contributed by atoms with E-state index in [-0.39, 0.29) is 24.8 Å². The van der Waals surface area contributed by atoms with Crippen LogP contribution in [0.3, 0.4) is 0 Å². The van der Waals surface area contributed by atoms with E-state index in [1.54, 1.807) is 33.8 Å². The zero-order valence-electron chi connectivity index (χ0n) is 23.0. The number of ketones is 1. The SMILES string of the molecule is C[C@@H]1C[C@H]2[C@@H]3C[C@H](F)C4=CC(=O)C=C[C@]4(C)[C@@]3(F)[C@@H](O)C[C@]2(C)[C@@]1(OC(=O)C1C(C)(C)C1(Cl)Cl)C(=O)OCC#N. The van der Waals surface area contributed by atoms with Crippen molar-refractivity contribution in [3.8, 4) is 6.07 Å². The molecule has 10 atom stereocenters. The van der Waals surface area contributed by atoms with Crippen LogP contribution in [0.15, 0.2) is 23.8 Å². The molecule has 0 aromatic rings. The number of carbonyl (C=O) groups is 3. The van der Waals surface area contributed by atoms with Crippen molar-refractivity contribution >= 4 is 40.9 Å². The van der Waals surface area contributed by atoms with Gasteiger partial charge in [0.05, 0.1) is 12.0 Å². The Hall–Kier alpha value is -2.02. The van der Waals surface area contributed by atoms with Crippen LogP contribution in [0.4, 0.5) is 8.78 Å². The highest BCUT2D eigenvalue weighted by molar-refractivity contribution is 6.53. The van der Waals surface area contributed by atoms with E-state index in [9.17, 15) is 19.5 Å². The van der Waals surface area contributed by atoms with E-state index >= 15 is 8.78 Å². The maximum absolute atomic E-state index is 17.5. The van der Waals surface area contributed by atoms with Gasteiger partial charge in [0.1, 0.15) is 16.6 Å². The van der Waals surface area contributed by atoms with Crippen LogP contribution >= 0.6 is 23.2 Å². The summed E-state index contributed by atoms with van der Waals surface area (Å²) in [7, 11) is 0. The standard InChI is InChI=1S/C29H33Cl2F2NO6/c1-14-10-16-17-12-19(32)18-11-15(35)6-7-25(18,4)27(17,33)20(36)13-26(16,5)28(14,23(38)39-9-8-34)40-22(37)21-24(2,3)29(21,30)31/h6-7,11,14,16-17,19-21,36H,9-10,12-13H2,1-5H3/t14-,16+,17+,19+,20+,21?,25+,26+,27+,28+/m1/s1. The molecule has 1 N–H and O–H groups in total. The number of nitrogens with zero attached hydrogens (tertiary/aromatic N) is 1. The number of ether oxygens (including phenoxy) is 2. The molecule has 0 bridgehead atoms. The van der Waals surface area contributed by atoms with Gasteiger partial charge in [-0.1, -0.05) is 33.8 Å². The van der Waals surface area contributed by atoms with Crippen LogP contribution in [0.5, 0.6) is 0 Å². The lowest BCUT2D eigenvalue weighted by atomic mass is 9.44. The molecule has 11 heteroatoms. The fourth-order valence-electron chi connectivity index (χ4n) is 8.74. The quantitative estimate of drug-likeness (QED) is 0.367. The van der Waals surface area contributed by atoms with Gasteiger partial charge < -0.3 is 14.6 Å². The van der Waals surface area contributed by atoms with Crippen LogP contribution in [0.2, 0.25) is 0 Å². The molecule has 40 heavy (non-hydrogen) atoms. The minimum absolute atomic E-state index is 0.0184. The normalized spacial score (nSPS) is 47.6. The first-order chi connectivity index (χ1) is 18.4. The number of hydrogen-bond acceptors (Lipinski definition) is 7. The van der Waals surface area contributed by atoms with Crippen LogP contribution in [0, 0.1) is 51.2 Å². The minimum atomic E-state index is -2.38. The number of alkyl halides is 4.